The van der Waals surface area contributed by atoms with Crippen LogP contribution >= 0.6 is 0 Å². The predicted octanol–water partition coefficient (Wildman–Crippen LogP) is 4.81. The maximum Gasteiger partial charge on any atom is 0.160 e. The molecule has 0 radical (unpaired) electrons. The fourth-order valence-electron chi connectivity index (χ4n) is 2.52. The lowest BCUT2D eigenvalue weighted by molar-refractivity contribution is 0.590. The summed E-state index contributed by atoms with van der Waals surface area (Å²) in [5.41, 5.74) is 5.64. The number of aromatic nitrogens is 3. The van der Waals surface area contributed by atoms with E-state index in [4.69, 9.17) is 0 Å². The Labute approximate surface area is 137 Å². The van der Waals surface area contributed by atoms with Crippen LogP contribution in [0, 0.1) is 6.92 Å². The lowest BCUT2D eigenvalue weighted by Crippen LogP contribution is -2.10. The summed E-state index contributed by atoms with van der Waals surface area (Å²) in [6, 6.07) is 12.6. The van der Waals surface area contributed by atoms with Crippen molar-refractivity contribution in [2.24, 2.45) is 0 Å². The van der Waals surface area contributed by atoms with Crippen LogP contribution in [0.4, 0.5) is 0 Å². The molecule has 3 rings (SSSR count). The number of benzene rings is 1. The molecule has 0 saturated heterocycles. The van der Waals surface area contributed by atoms with Crippen LogP contribution in [0.2, 0.25) is 0 Å². The average molecular weight is 303 g/mol. The summed E-state index contributed by atoms with van der Waals surface area (Å²) in [5, 5.41) is 0. The molecule has 0 aliphatic heterocycles. The van der Waals surface area contributed by atoms with Gasteiger partial charge in [0.1, 0.15) is 0 Å². The second-order valence-corrected chi connectivity index (χ2v) is 6.76. The summed E-state index contributed by atoms with van der Waals surface area (Å²) in [6.45, 7) is 8.65. The zero-order valence-corrected chi connectivity index (χ0v) is 14.0. The van der Waals surface area contributed by atoms with Crippen molar-refractivity contribution in [1.82, 2.24) is 15.0 Å². The van der Waals surface area contributed by atoms with Crippen molar-refractivity contribution in [3.63, 3.8) is 0 Å². The third-order valence-electron chi connectivity index (χ3n) is 3.98. The predicted molar refractivity (Wildman–Crippen MR) is 94.1 cm³/mol. The Morgan fingerprint density at radius 1 is 0.826 bits per heavy atom. The molecule has 3 heteroatoms. The molecule has 0 aliphatic rings. The molecule has 0 unspecified atom stereocenters. The molecule has 0 bridgehead atoms. The maximum atomic E-state index is 4.52. The van der Waals surface area contributed by atoms with Crippen molar-refractivity contribution in [1.29, 1.82) is 0 Å². The first kappa shape index (κ1) is 15.3. The number of hydrogen-bond acceptors (Lipinski definition) is 3. The first-order valence-electron chi connectivity index (χ1n) is 7.80. The molecule has 0 N–H and O–H groups in total. The number of pyridine rings is 1. The van der Waals surface area contributed by atoms with Gasteiger partial charge in [0, 0.05) is 35.4 Å². The van der Waals surface area contributed by atoms with Crippen LogP contribution in [0.3, 0.4) is 0 Å². The van der Waals surface area contributed by atoms with Gasteiger partial charge in [-0.3, -0.25) is 4.98 Å². The molecule has 0 saturated carbocycles. The van der Waals surface area contributed by atoms with Gasteiger partial charge in [0.05, 0.1) is 0 Å². The minimum absolute atomic E-state index is 0.160. The first-order valence-corrected chi connectivity index (χ1v) is 7.80. The number of hydrogen-bond donors (Lipinski definition) is 0. The van der Waals surface area contributed by atoms with Gasteiger partial charge in [-0.2, -0.15) is 0 Å². The highest BCUT2D eigenvalue weighted by Gasteiger charge is 2.14. The maximum absolute atomic E-state index is 4.52. The molecule has 23 heavy (non-hydrogen) atoms. The first-order chi connectivity index (χ1) is 10.9. The largest absolute Gasteiger partial charge is 0.260 e. The van der Waals surface area contributed by atoms with Gasteiger partial charge in [0.15, 0.2) is 5.82 Å². The van der Waals surface area contributed by atoms with E-state index in [0.29, 0.717) is 5.82 Å². The Hall–Kier alpha value is -2.55. The van der Waals surface area contributed by atoms with E-state index in [1.54, 1.807) is 12.4 Å². The summed E-state index contributed by atoms with van der Waals surface area (Å²) in [4.78, 5) is 13.2. The standard InChI is InChI=1S/C20H21N3/c1-14-18(19-21-10-5-11-22-19)12-16(13-23-14)15-6-8-17(9-7-15)20(2,3)4/h5-13H,1-4H3. The van der Waals surface area contributed by atoms with Crippen molar-refractivity contribution in [2.75, 3.05) is 0 Å². The van der Waals surface area contributed by atoms with E-state index in [2.05, 4.69) is 66.1 Å². The number of nitrogens with zero attached hydrogens (tertiary/aromatic N) is 3. The highest BCUT2D eigenvalue weighted by molar-refractivity contribution is 5.70. The van der Waals surface area contributed by atoms with Crippen molar-refractivity contribution in [2.45, 2.75) is 33.1 Å². The molecule has 3 aromatic rings. The average Bonchev–Trinajstić information content (AvgIpc) is 2.55. The molecule has 116 valence electrons. The lowest BCUT2D eigenvalue weighted by atomic mass is 9.86. The number of rotatable bonds is 2. The molecule has 0 amide bonds. The molecular formula is C20H21N3. The van der Waals surface area contributed by atoms with Crippen molar-refractivity contribution >= 4 is 0 Å². The Kier molecular flexibility index (Phi) is 3.95. The molecular weight excluding hydrogens is 282 g/mol. The summed E-state index contributed by atoms with van der Waals surface area (Å²) in [7, 11) is 0. The Bertz CT molecular complexity index is 801. The van der Waals surface area contributed by atoms with Gasteiger partial charge in [-0.1, -0.05) is 45.0 Å². The highest BCUT2D eigenvalue weighted by Crippen LogP contribution is 2.28. The highest BCUT2D eigenvalue weighted by atomic mass is 14.9. The van der Waals surface area contributed by atoms with Gasteiger partial charge in [-0.25, -0.2) is 9.97 Å². The summed E-state index contributed by atoms with van der Waals surface area (Å²) in [5.74, 6) is 0.714. The van der Waals surface area contributed by atoms with Crippen LogP contribution in [0.5, 0.6) is 0 Å². The third kappa shape index (κ3) is 3.29. The second kappa shape index (κ2) is 5.92. The molecule has 0 atom stereocenters. The van der Waals surface area contributed by atoms with Crippen molar-refractivity contribution in [3.8, 4) is 22.5 Å². The monoisotopic (exact) mass is 303 g/mol. The Balaban J connectivity index is 2.01. The zero-order valence-electron chi connectivity index (χ0n) is 14.0. The molecule has 0 aliphatic carbocycles. The molecule has 0 fully saturated rings. The van der Waals surface area contributed by atoms with Crippen LogP contribution in [0.25, 0.3) is 22.5 Å². The van der Waals surface area contributed by atoms with E-state index in [1.165, 1.54) is 5.56 Å². The van der Waals surface area contributed by atoms with E-state index in [9.17, 15) is 0 Å². The van der Waals surface area contributed by atoms with Crippen LogP contribution in [-0.4, -0.2) is 15.0 Å². The molecule has 0 spiro atoms. The SMILES string of the molecule is Cc1ncc(-c2ccc(C(C)(C)C)cc2)cc1-c1ncccn1. The van der Waals surface area contributed by atoms with E-state index in [1.807, 2.05) is 19.2 Å². The van der Waals surface area contributed by atoms with Gasteiger partial charge in [0.2, 0.25) is 0 Å². The minimum Gasteiger partial charge on any atom is -0.260 e. The molecule has 2 aromatic heterocycles. The van der Waals surface area contributed by atoms with Gasteiger partial charge in [-0.05, 0) is 35.6 Å². The number of aryl methyl sites for hydroxylation is 1. The lowest BCUT2D eigenvalue weighted by Gasteiger charge is -2.19. The van der Waals surface area contributed by atoms with Crippen molar-refractivity contribution in [3.05, 3.63) is 66.2 Å². The van der Waals surface area contributed by atoms with E-state index in [0.717, 1.165) is 22.4 Å². The fraction of sp³-hybridized carbons (Fsp3) is 0.250. The summed E-state index contributed by atoms with van der Waals surface area (Å²) >= 11 is 0. The minimum atomic E-state index is 0.160. The van der Waals surface area contributed by atoms with Gasteiger partial charge < -0.3 is 0 Å². The van der Waals surface area contributed by atoms with Crippen LogP contribution in [-0.2, 0) is 5.41 Å². The van der Waals surface area contributed by atoms with Crippen molar-refractivity contribution < 1.29 is 0 Å². The molecule has 1 aromatic carbocycles. The smallest absolute Gasteiger partial charge is 0.160 e. The molecule has 2 heterocycles. The summed E-state index contributed by atoms with van der Waals surface area (Å²) in [6.07, 6.45) is 5.42. The second-order valence-electron chi connectivity index (χ2n) is 6.76. The normalized spacial score (nSPS) is 11.5. The fourth-order valence-corrected chi connectivity index (χ4v) is 2.52. The topological polar surface area (TPSA) is 38.7 Å². The Morgan fingerprint density at radius 3 is 2.09 bits per heavy atom. The van der Waals surface area contributed by atoms with E-state index < -0.39 is 0 Å². The van der Waals surface area contributed by atoms with Crippen LogP contribution in [0.15, 0.2) is 55.0 Å². The zero-order chi connectivity index (χ0) is 16.4. The van der Waals surface area contributed by atoms with Crippen LogP contribution < -0.4 is 0 Å². The summed E-state index contributed by atoms with van der Waals surface area (Å²) < 4.78 is 0. The van der Waals surface area contributed by atoms with E-state index >= 15 is 0 Å². The van der Waals surface area contributed by atoms with Crippen LogP contribution in [0.1, 0.15) is 32.0 Å². The quantitative estimate of drug-likeness (QED) is 0.682. The third-order valence-corrected chi connectivity index (χ3v) is 3.98. The molecule has 3 nitrogen and oxygen atoms in total. The van der Waals surface area contributed by atoms with E-state index in [-0.39, 0.29) is 5.41 Å². The Morgan fingerprint density at radius 2 is 1.48 bits per heavy atom. The van der Waals surface area contributed by atoms with Gasteiger partial charge >= 0.3 is 0 Å². The van der Waals surface area contributed by atoms with Gasteiger partial charge in [0.25, 0.3) is 0 Å². The van der Waals surface area contributed by atoms with Gasteiger partial charge in [-0.15, -0.1) is 0 Å².